The highest BCUT2D eigenvalue weighted by Gasteiger charge is 2.43. The number of likely N-dealkylation sites (N-methyl/N-ethyl adjacent to an activating group) is 2. The first kappa shape index (κ1) is 20.7. The lowest BCUT2D eigenvalue weighted by Crippen LogP contribution is -2.30. The third-order valence-corrected chi connectivity index (χ3v) is 6.24. The van der Waals surface area contributed by atoms with E-state index in [4.69, 9.17) is 4.74 Å². The molecule has 1 aromatic heterocycles. The van der Waals surface area contributed by atoms with Crippen LogP contribution in [0.15, 0.2) is 0 Å². The first-order valence-electron chi connectivity index (χ1n) is 10.1. The molecule has 0 radical (unpaired) electrons. The Morgan fingerprint density at radius 3 is 2.67 bits per heavy atom. The highest BCUT2D eigenvalue weighted by atomic mass is 19.3. The van der Waals surface area contributed by atoms with Gasteiger partial charge in [0.1, 0.15) is 6.54 Å². The molecule has 5 nitrogen and oxygen atoms in total. The Hall–Kier alpha value is -1.05. The molecule has 0 saturated heterocycles. The van der Waals surface area contributed by atoms with E-state index in [1.165, 1.54) is 0 Å². The van der Waals surface area contributed by atoms with Crippen molar-refractivity contribution in [1.29, 1.82) is 0 Å². The van der Waals surface area contributed by atoms with E-state index in [1.807, 2.05) is 7.05 Å². The fraction of sp³-hybridized carbons (Fsp3) is 0.850. The lowest BCUT2D eigenvalue weighted by molar-refractivity contribution is 0.000608. The van der Waals surface area contributed by atoms with Gasteiger partial charge >= 0.3 is 0 Å². The summed E-state index contributed by atoms with van der Waals surface area (Å²) in [6.07, 6.45) is 4.03. The molecular weight excluding hydrogens is 350 g/mol. The molecule has 2 heterocycles. The van der Waals surface area contributed by atoms with Crippen LogP contribution in [0, 0.1) is 5.41 Å². The largest absolute Gasteiger partial charge is 0.384 e. The monoisotopic (exact) mass is 384 g/mol. The maximum absolute atomic E-state index is 14.0. The summed E-state index contributed by atoms with van der Waals surface area (Å²) in [4.78, 5) is 2.22. The molecule has 3 rings (SSSR count). The summed E-state index contributed by atoms with van der Waals surface area (Å²) in [7, 11) is 5.76. The normalized spacial score (nSPS) is 27.3. The summed E-state index contributed by atoms with van der Waals surface area (Å²) in [5.41, 5.74) is 3.09. The quantitative estimate of drug-likeness (QED) is 0.748. The molecule has 2 aliphatic rings. The Morgan fingerprint density at radius 1 is 1.33 bits per heavy atom. The van der Waals surface area contributed by atoms with Gasteiger partial charge in [0.25, 0.3) is 5.92 Å². The zero-order chi connectivity index (χ0) is 19.7. The van der Waals surface area contributed by atoms with E-state index in [1.54, 1.807) is 11.8 Å². The summed E-state index contributed by atoms with van der Waals surface area (Å²) in [6, 6.07) is 0. The second kappa shape index (κ2) is 8.13. The Kier molecular flexibility index (Phi) is 6.23. The van der Waals surface area contributed by atoms with E-state index in [0.29, 0.717) is 12.5 Å². The van der Waals surface area contributed by atoms with Gasteiger partial charge in [-0.05, 0) is 51.1 Å². The van der Waals surface area contributed by atoms with Gasteiger partial charge in [-0.1, -0.05) is 6.92 Å². The van der Waals surface area contributed by atoms with Crippen LogP contribution < -0.4 is 5.32 Å². The fourth-order valence-electron chi connectivity index (χ4n) is 4.72. The second-order valence-electron chi connectivity index (χ2n) is 8.86. The van der Waals surface area contributed by atoms with Crippen molar-refractivity contribution in [1.82, 2.24) is 20.0 Å². The standard InChI is InChI=1S/C20H34F2N4O/c1-19(14-27-4)7-5-15(6-8-19)18-16(12-25(3)10-9-23-2)24-26-13-20(21,22)11-17(18)26/h15,23H,5-14H2,1-4H3. The number of alkyl halides is 2. The van der Waals surface area contributed by atoms with E-state index in [2.05, 4.69) is 29.3 Å². The van der Waals surface area contributed by atoms with Crippen molar-refractivity contribution >= 4 is 0 Å². The number of halogens is 2. The van der Waals surface area contributed by atoms with Crippen molar-refractivity contribution in [2.24, 2.45) is 5.41 Å². The van der Waals surface area contributed by atoms with Gasteiger partial charge in [0, 0.05) is 38.0 Å². The van der Waals surface area contributed by atoms with Gasteiger partial charge in [-0.15, -0.1) is 0 Å². The maximum Gasteiger partial charge on any atom is 0.272 e. The van der Waals surface area contributed by atoms with Crippen LogP contribution in [0.3, 0.4) is 0 Å². The third-order valence-electron chi connectivity index (χ3n) is 6.24. The highest BCUT2D eigenvalue weighted by Crippen LogP contribution is 2.46. The molecule has 0 atom stereocenters. The van der Waals surface area contributed by atoms with Crippen molar-refractivity contribution in [2.75, 3.05) is 40.9 Å². The van der Waals surface area contributed by atoms with Crippen LogP contribution in [0.4, 0.5) is 8.78 Å². The van der Waals surface area contributed by atoms with Gasteiger partial charge in [-0.25, -0.2) is 8.78 Å². The lowest BCUT2D eigenvalue weighted by Gasteiger charge is -2.37. The molecule has 1 N–H and O–H groups in total. The molecule has 1 aromatic rings. The van der Waals surface area contributed by atoms with Gasteiger partial charge in [0.05, 0.1) is 18.7 Å². The summed E-state index contributed by atoms with van der Waals surface area (Å²) in [5, 5.41) is 7.79. The number of nitrogens with one attached hydrogen (secondary N) is 1. The minimum atomic E-state index is -2.66. The number of nitrogens with zero attached hydrogens (tertiary/aromatic N) is 3. The SMILES string of the molecule is CNCCN(C)Cc1nn2c(c1C1CCC(C)(COC)CC1)CC(F)(F)C2. The Bertz CT molecular complexity index is 638. The van der Waals surface area contributed by atoms with Crippen LogP contribution in [0.5, 0.6) is 0 Å². The minimum absolute atomic E-state index is 0.165. The predicted molar refractivity (Wildman–Crippen MR) is 102 cm³/mol. The van der Waals surface area contributed by atoms with E-state index in [-0.39, 0.29) is 18.4 Å². The van der Waals surface area contributed by atoms with Gasteiger partial charge in [0.2, 0.25) is 0 Å². The lowest BCUT2D eigenvalue weighted by atomic mass is 9.70. The number of ether oxygens (including phenoxy) is 1. The molecule has 0 spiro atoms. The van der Waals surface area contributed by atoms with E-state index in [9.17, 15) is 8.78 Å². The summed E-state index contributed by atoms with van der Waals surface area (Å²) in [5.74, 6) is -2.33. The van der Waals surface area contributed by atoms with Gasteiger partial charge < -0.3 is 10.1 Å². The first-order chi connectivity index (χ1) is 12.8. The van der Waals surface area contributed by atoms with Crippen molar-refractivity contribution in [3.63, 3.8) is 0 Å². The average Bonchev–Trinajstić information content (AvgIpc) is 3.05. The van der Waals surface area contributed by atoms with E-state index < -0.39 is 5.92 Å². The van der Waals surface area contributed by atoms with Gasteiger partial charge in [-0.2, -0.15) is 5.10 Å². The predicted octanol–water partition coefficient (Wildman–Crippen LogP) is 3.04. The fourth-order valence-corrected chi connectivity index (χ4v) is 4.72. The molecule has 0 unspecified atom stereocenters. The van der Waals surface area contributed by atoms with Gasteiger partial charge in [-0.3, -0.25) is 9.58 Å². The average molecular weight is 385 g/mol. The summed E-state index contributed by atoms with van der Waals surface area (Å²) >= 11 is 0. The van der Waals surface area contributed by atoms with Crippen molar-refractivity contribution in [3.8, 4) is 0 Å². The third kappa shape index (κ3) is 4.69. The zero-order valence-electron chi connectivity index (χ0n) is 17.2. The van der Waals surface area contributed by atoms with Crippen molar-refractivity contribution in [2.45, 2.75) is 64.0 Å². The maximum atomic E-state index is 14.0. The molecule has 1 aliphatic heterocycles. The molecule has 0 aromatic carbocycles. The Labute approximate surface area is 161 Å². The second-order valence-corrected chi connectivity index (χ2v) is 8.86. The molecule has 1 aliphatic carbocycles. The molecule has 0 bridgehead atoms. The van der Waals surface area contributed by atoms with Crippen LogP contribution in [-0.4, -0.2) is 61.5 Å². The smallest absolute Gasteiger partial charge is 0.272 e. The number of rotatable bonds is 8. The van der Waals surface area contributed by atoms with Crippen molar-refractivity contribution < 1.29 is 13.5 Å². The molecule has 1 fully saturated rings. The minimum Gasteiger partial charge on any atom is -0.384 e. The van der Waals surface area contributed by atoms with Crippen molar-refractivity contribution in [3.05, 3.63) is 17.0 Å². The van der Waals surface area contributed by atoms with Crippen LogP contribution in [0.25, 0.3) is 0 Å². The van der Waals surface area contributed by atoms with Crippen LogP contribution >= 0.6 is 0 Å². The van der Waals surface area contributed by atoms with E-state index >= 15 is 0 Å². The van der Waals surface area contributed by atoms with Crippen LogP contribution in [0.2, 0.25) is 0 Å². The van der Waals surface area contributed by atoms with Gasteiger partial charge in [0.15, 0.2) is 0 Å². The number of hydrogen-bond acceptors (Lipinski definition) is 4. The van der Waals surface area contributed by atoms with Crippen LogP contribution in [-0.2, 0) is 24.2 Å². The Morgan fingerprint density at radius 2 is 2.04 bits per heavy atom. The molecule has 1 saturated carbocycles. The number of aromatic nitrogens is 2. The molecule has 27 heavy (non-hydrogen) atoms. The summed E-state index contributed by atoms with van der Waals surface area (Å²) < 4.78 is 35.0. The van der Waals surface area contributed by atoms with Crippen LogP contribution in [0.1, 0.15) is 55.5 Å². The zero-order valence-corrected chi connectivity index (χ0v) is 17.2. The van der Waals surface area contributed by atoms with E-state index in [0.717, 1.165) is 62.3 Å². The summed E-state index contributed by atoms with van der Waals surface area (Å²) in [6.45, 7) is 5.29. The number of methoxy groups -OCH3 is 1. The Balaban J connectivity index is 1.80. The molecule has 154 valence electrons. The molecule has 7 heteroatoms. The molecular formula is C20H34F2N4O. The number of hydrogen-bond donors (Lipinski definition) is 1. The molecule has 0 amide bonds. The topological polar surface area (TPSA) is 42.3 Å². The highest BCUT2D eigenvalue weighted by molar-refractivity contribution is 5.34. The first-order valence-corrected chi connectivity index (χ1v) is 10.1. The number of fused-ring (bicyclic) bond motifs is 1.